The molecule has 6 nitrogen and oxygen atoms in total. The van der Waals surface area contributed by atoms with Crippen molar-refractivity contribution in [1.82, 2.24) is 9.80 Å². The van der Waals surface area contributed by atoms with Crippen LogP contribution in [0.1, 0.15) is 15.9 Å². The van der Waals surface area contributed by atoms with Gasteiger partial charge >= 0.3 is 0 Å². The topological polar surface area (TPSA) is 63.0 Å². The Kier molecular flexibility index (Phi) is 5.28. The maximum Gasteiger partial charge on any atom is 0.257 e. The van der Waals surface area contributed by atoms with E-state index in [-0.39, 0.29) is 18.4 Å². The summed E-state index contributed by atoms with van der Waals surface area (Å²) in [5.41, 5.74) is 1.58. The molecule has 0 atom stereocenters. The predicted molar refractivity (Wildman–Crippen MR) is 87.3 cm³/mol. The van der Waals surface area contributed by atoms with Crippen LogP contribution in [0.3, 0.4) is 0 Å². The number of carbonyl (C=O) groups excluding carboxylic acids is 2. The Hall–Kier alpha value is -2.60. The molecule has 2 amide bonds. The average molecular weight is 328 g/mol. The lowest BCUT2D eigenvalue weighted by atomic mass is 10.2. The molecule has 0 bridgehead atoms. The van der Waals surface area contributed by atoms with Crippen molar-refractivity contribution in [2.75, 3.05) is 32.8 Å². The molecule has 0 aliphatic carbocycles. The molecule has 1 aromatic heterocycles. The largest absolute Gasteiger partial charge is 0.472 e. The van der Waals surface area contributed by atoms with Crippen molar-refractivity contribution < 1.29 is 18.7 Å². The molecule has 1 aromatic carbocycles. The fourth-order valence-electron chi connectivity index (χ4n) is 2.65. The summed E-state index contributed by atoms with van der Waals surface area (Å²) in [5.74, 6) is -0.0995. The second kappa shape index (κ2) is 7.79. The average Bonchev–Trinajstić information content (AvgIpc) is 3.17. The van der Waals surface area contributed by atoms with Gasteiger partial charge in [-0.25, -0.2) is 0 Å². The van der Waals surface area contributed by atoms with Crippen molar-refractivity contribution in [2.45, 2.75) is 6.61 Å². The Morgan fingerprint density at radius 1 is 1.00 bits per heavy atom. The molecule has 126 valence electrons. The van der Waals surface area contributed by atoms with Gasteiger partial charge in [-0.2, -0.15) is 0 Å². The lowest BCUT2D eigenvalue weighted by Crippen LogP contribution is -2.51. The minimum Gasteiger partial charge on any atom is -0.472 e. The third kappa shape index (κ3) is 4.02. The van der Waals surface area contributed by atoms with Gasteiger partial charge in [-0.05, 0) is 11.6 Å². The fourth-order valence-corrected chi connectivity index (χ4v) is 2.65. The highest BCUT2D eigenvalue weighted by Gasteiger charge is 2.25. The maximum atomic E-state index is 12.2. The highest BCUT2D eigenvalue weighted by atomic mass is 16.5. The van der Waals surface area contributed by atoms with Gasteiger partial charge in [0, 0.05) is 26.2 Å². The van der Waals surface area contributed by atoms with Gasteiger partial charge in [0.05, 0.1) is 18.4 Å². The van der Waals surface area contributed by atoms with E-state index >= 15 is 0 Å². The Bertz CT molecular complexity index is 662. The van der Waals surface area contributed by atoms with Gasteiger partial charge in [-0.15, -0.1) is 0 Å². The molecule has 2 aromatic rings. The van der Waals surface area contributed by atoms with Crippen molar-refractivity contribution in [3.05, 3.63) is 60.1 Å². The second-order valence-corrected chi connectivity index (χ2v) is 5.66. The number of amides is 2. The van der Waals surface area contributed by atoms with Crippen molar-refractivity contribution >= 4 is 11.8 Å². The van der Waals surface area contributed by atoms with Gasteiger partial charge in [-0.1, -0.05) is 30.3 Å². The highest BCUT2D eigenvalue weighted by Crippen LogP contribution is 2.10. The van der Waals surface area contributed by atoms with Crippen LogP contribution in [0.4, 0.5) is 0 Å². The van der Waals surface area contributed by atoms with Crippen LogP contribution in [-0.4, -0.2) is 54.4 Å². The Morgan fingerprint density at radius 2 is 1.71 bits per heavy atom. The summed E-state index contributed by atoms with van der Waals surface area (Å²) in [6.45, 7) is 2.58. The van der Waals surface area contributed by atoms with Gasteiger partial charge < -0.3 is 19.0 Å². The van der Waals surface area contributed by atoms with Crippen molar-refractivity contribution in [1.29, 1.82) is 0 Å². The monoisotopic (exact) mass is 328 g/mol. The Balaban J connectivity index is 1.41. The first-order chi connectivity index (χ1) is 11.7. The Labute approximate surface area is 140 Å². The molecule has 1 fully saturated rings. The van der Waals surface area contributed by atoms with E-state index in [1.165, 1.54) is 12.5 Å². The molecule has 3 rings (SSSR count). The molecule has 1 aliphatic rings. The number of hydrogen-bond donors (Lipinski definition) is 0. The molecular weight excluding hydrogens is 308 g/mol. The number of rotatable bonds is 5. The Morgan fingerprint density at radius 3 is 2.38 bits per heavy atom. The molecule has 1 aliphatic heterocycles. The number of piperazine rings is 1. The summed E-state index contributed by atoms with van der Waals surface area (Å²) < 4.78 is 10.4. The van der Waals surface area contributed by atoms with Crippen molar-refractivity contribution in [3.8, 4) is 0 Å². The van der Waals surface area contributed by atoms with Crippen LogP contribution >= 0.6 is 0 Å². The molecule has 0 spiro atoms. The zero-order chi connectivity index (χ0) is 16.8. The zero-order valence-electron chi connectivity index (χ0n) is 13.4. The summed E-state index contributed by atoms with van der Waals surface area (Å²) >= 11 is 0. The molecule has 0 unspecified atom stereocenters. The zero-order valence-corrected chi connectivity index (χ0v) is 13.4. The summed E-state index contributed by atoms with van der Waals surface area (Å²) in [7, 11) is 0. The number of nitrogens with zero attached hydrogens (tertiary/aromatic N) is 2. The van der Waals surface area contributed by atoms with Crippen molar-refractivity contribution in [3.63, 3.8) is 0 Å². The minimum absolute atomic E-state index is 0.0404. The lowest BCUT2D eigenvalue weighted by molar-refractivity contribution is -0.138. The number of furan rings is 1. The van der Waals surface area contributed by atoms with Crippen LogP contribution in [0, 0.1) is 0 Å². The first kappa shape index (κ1) is 16.3. The molecule has 0 radical (unpaired) electrons. The minimum atomic E-state index is -0.0591. The van der Waals surface area contributed by atoms with E-state index < -0.39 is 0 Å². The van der Waals surface area contributed by atoms with E-state index in [9.17, 15) is 9.59 Å². The van der Waals surface area contributed by atoms with Crippen LogP contribution in [0.2, 0.25) is 0 Å². The standard InChI is InChI=1S/C18H20N2O4/c21-17(14-24-12-15-4-2-1-3-5-15)19-7-9-20(10-8-19)18(22)16-6-11-23-13-16/h1-6,11,13H,7-10,12,14H2. The SMILES string of the molecule is O=C(COCc1ccccc1)N1CCN(C(=O)c2ccoc2)CC1. The third-order valence-electron chi connectivity index (χ3n) is 4.02. The number of hydrogen-bond acceptors (Lipinski definition) is 4. The van der Waals surface area contributed by atoms with Crippen LogP contribution in [0.5, 0.6) is 0 Å². The van der Waals surface area contributed by atoms with Gasteiger partial charge in [0.1, 0.15) is 12.9 Å². The van der Waals surface area contributed by atoms with Gasteiger partial charge in [-0.3, -0.25) is 9.59 Å². The van der Waals surface area contributed by atoms with E-state index in [1.807, 2.05) is 30.3 Å². The summed E-state index contributed by atoms with van der Waals surface area (Å²) in [4.78, 5) is 27.9. The van der Waals surface area contributed by atoms with E-state index in [0.29, 0.717) is 38.3 Å². The summed E-state index contributed by atoms with van der Waals surface area (Å²) in [6, 6.07) is 11.4. The number of benzene rings is 1. The smallest absolute Gasteiger partial charge is 0.257 e. The first-order valence-electron chi connectivity index (χ1n) is 7.95. The normalized spacial score (nSPS) is 14.7. The molecule has 24 heavy (non-hydrogen) atoms. The maximum absolute atomic E-state index is 12.2. The molecule has 2 heterocycles. The second-order valence-electron chi connectivity index (χ2n) is 5.66. The van der Waals surface area contributed by atoms with Crippen LogP contribution in [-0.2, 0) is 16.1 Å². The van der Waals surface area contributed by atoms with E-state index in [4.69, 9.17) is 9.15 Å². The van der Waals surface area contributed by atoms with Crippen LogP contribution in [0.25, 0.3) is 0 Å². The molecule has 0 N–H and O–H groups in total. The number of carbonyl (C=O) groups is 2. The van der Waals surface area contributed by atoms with Gasteiger partial charge in [0.15, 0.2) is 0 Å². The van der Waals surface area contributed by atoms with Crippen LogP contribution in [0.15, 0.2) is 53.3 Å². The summed E-state index contributed by atoms with van der Waals surface area (Å²) in [6.07, 6.45) is 2.92. The summed E-state index contributed by atoms with van der Waals surface area (Å²) in [5, 5.41) is 0. The predicted octanol–water partition coefficient (Wildman–Crippen LogP) is 1.78. The molecule has 0 saturated carbocycles. The van der Waals surface area contributed by atoms with E-state index in [2.05, 4.69) is 0 Å². The fraction of sp³-hybridized carbons (Fsp3) is 0.333. The van der Waals surface area contributed by atoms with Gasteiger partial charge in [0.25, 0.3) is 5.91 Å². The van der Waals surface area contributed by atoms with Gasteiger partial charge in [0.2, 0.25) is 5.91 Å². The number of ether oxygens (including phenoxy) is 1. The third-order valence-corrected chi connectivity index (χ3v) is 4.02. The van der Waals surface area contributed by atoms with E-state index in [0.717, 1.165) is 5.56 Å². The van der Waals surface area contributed by atoms with Crippen molar-refractivity contribution in [2.24, 2.45) is 0 Å². The highest BCUT2D eigenvalue weighted by molar-refractivity contribution is 5.94. The van der Waals surface area contributed by atoms with Crippen LogP contribution < -0.4 is 0 Å². The molecule has 1 saturated heterocycles. The molecular formula is C18H20N2O4. The molecule has 6 heteroatoms. The van der Waals surface area contributed by atoms with E-state index in [1.54, 1.807) is 15.9 Å². The first-order valence-corrected chi connectivity index (χ1v) is 7.95. The lowest BCUT2D eigenvalue weighted by Gasteiger charge is -2.34. The quantitative estimate of drug-likeness (QED) is 0.839.